The molecule has 2 saturated heterocycles. The fourth-order valence-electron chi connectivity index (χ4n) is 5.67. The van der Waals surface area contributed by atoms with Gasteiger partial charge in [-0.05, 0) is 42.7 Å². The number of rotatable bonds is 6. The molecule has 2 aromatic carbocycles. The van der Waals surface area contributed by atoms with Gasteiger partial charge in [0.2, 0.25) is 17.7 Å². The van der Waals surface area contributed by atoms with Gasteiger partial charge in [0, 0.05) is 39.0 Å². The van der Waals surface area contributed by atoms with Crippen molar-refractivity contribution in [1.82, 2.24) is 35.8 Å². The Morgan fingerprint density at radius 1 is 0.978 bits per heavy atom. The lowest BCUT2D eigenvalue weighted by Crippen LogP contribution is -2.59. The predicted molar refractivity (Wildman–Crippen MR) is 165 cm³/mol. The van der Waals surface area contributed by atoms with Crippen LogP contribution < -0.4 is 20.7 Å². The van der Waals surface area contributed by atoms with Crippen LogP contribution in [0.5, 0.6) is 5.75 Å². The summed E-state index contributed by atoms with van der Waals surface area (Å²) in [5.41, 5.74) is 1.72. The molecule has 45 heavy (non-hydrogen) atoms. The Labute approximate surface area is 262 Å². The number of carbonyl (C=O) groups is 3. The minimum Gasteiger partial charge on any atom is -0.497 e. The van der Waals surface area contributed by atoms with Crippen molar-refractivity contribution in [3.63, 3.8) is 0 Å². The molecule has 2 aliphatic heterocycles. The van der Waals surface area contributed by atoms with Crippen molar-refractivity contribution in [1.29, 1.82) is 0 Å². The van der Waals surface area contributed by atoms with Gasteiger partial charge in [-0.15, -0.1) is 5.10 Å². The SMILES string of the molecule is COc1cccc(CN2CCC3(CC2)CC(=O)N[C@H](Cc2cn(-c4ccccc4)nn2)C(=O)NCCOCCOCC(=O)N3)c1. The molecule has 13 heteroatoms. The zero-order valence-electron chi connectivity index (χ0n) is 25.6. The topological polar surface area (TPSA) is 149 Å². The molecule has 0 aliphatic carbocycles. The van der Waals surface area contributed by atoms with Gasteiger partial charge in [0.15, 0.2) is 0 Å². The van der Waals surface area contributed by atoms with Crippen LogP contribution in [0.25, 0.3) is 5.69 Å². The number of methoxy groups -OCH3 is 1. The van der Waals surface area contributed by atoms with Gasteiger partial charge in [0.1, 0.15) is 18.4 Å². The summed E-state index contributed by atoms with van der Waals surface area (Å²) < 4.78 is 18.0. The summed E-state index contributed by atoms with van der Waals surface area (Å²) in [6.45, 7) is 2.99. The summed E-state index contributed by atoms with van der Waals surface area (Å²) in [5.74, 6) is -0.177. The van der Waals surface area contributed by atoms with Gasteiger partial charge in [-0.1, -0.05) is 35.5 Å². The number of nitrogens with zero attached hydrogens (tertiary/aromatic N) is 4. The molecule has 3 amide bonds. The first-order valence-corrected chi connectivity index (χ1v) is 15.3. The van der Waals surface area contributed by atoms with Gasteiger partial charge in [0.25, 0.3) is 0 Å². The lowest BCUT2D eigenvalue weighted by molar-refractivity contribution is -0.133. The van der Waals surface area contributed by atoms with Crippen LogP contribution in [0.1, 0.15) is 30.5 Å². The molecule has 0 radical (unpaired) electrons. The number of amides is 3. The second kappa shape index (κ2) is 15.6. The van der Waals surface area contributed by atoms with E-state index in [1.165, 1.54) is 0 Å². The Balaban J connectivity index is 1.29. The molecular formula is C32H41N7O6. The predicted octanol–water partition coefficient (Wildman–Crippen LogP) is 1.01. The van der Waals surface area contributed by atoms with Crippen molar-refractivity contribution in [2.75, 3.05) is 53.2 Å². The number of hydrogen-bond donors (Lipinski definition) is 3. The number of ether oxygens (including phenoxy) is 3. The van der Waals surface area contributed by atoms with Crippen LogP contribution >= 0.6 is 0 Å². The summed E-state index contributed by atoms with van der Waals surface area (Å²) in [4.78, 5) is 42.1. The van der Waals surface area contributed by atoms with E-state index in [-0.39, 0.29) is 63.5 Å². The van der Waals surface area contributed by atoms with Crippen LogP contribution in [0, 0.1) is 0 Å². The first-order valence-electron chi connectivity index (χ1n) is 15.3. The number of hydrogen-bond acceptors (Lipinski definition) is 9. The first-order chi connectivity index (χ1) is 21.9. The highest BCUT2D eigenvalue weighted by Gasteiger charge is 2.39. The zero-order valence-corrected chi connectivity index (χ0v) is 25.6. The van der Waals surface area contributed by atoms with Crippen LogP contribution in [0.4, 0.5) is 0 Å². The Morgan fingerprint density at radius 3 is 2.58 bits per heavy atom. The molecule has 5 rings (SSSR count). The van der Waals surface area contributed by atoms with Gasteiger partial charge in [-0.25, -0.2) is 4.68 Å². The van der Waals surface area contributed by atoms with E-state index in [0.717, 1.165) is 23.5 Å². The molecule has 1 atom stereocenters. The molecule has 2 aliphatic rings. The Kier molecular flexibility index (Phi) is 11.1. The molecule has 13 nitrogen and oxygen atoms in total. The van der Waals surface area contributed by atoms with E-state index in [4.69, 9.17) is 14.2 Å². The fourth-order valence-corrected chi connectivity index (χ4v) is 5.67. The number of benzene rings is 2. The van der Waals surface area contributed by atoms with Crippen molar-refractivity contribution in [2.45, 2.75) is 43.8 Å². The number of para-hydroxylation sites is 1. The second-order valence-corrected chi connectivity index (χ2v) is 11.4. The third-order valence-electron chi connectivity index (χ3n) is 8.03. The van der Waals surface area contributed by atoms with Gasteiger partial charge < -0.3 is 30.2 Å². The standard InChI is InChI=1S/C32H41N7O6/c1-43-27-9-5-6-24(18-27)21-38-13-10-32(11-14-38)20-29(40)34-28(19-25-22-39(37-36-25)26-7-3-2-4-8-26)31(42)33-12-15-44-16-17-45-23-30(41)35-32/h2-9,18,22,28H,10-17,19-21,23H2,1H3,(H,33,42)(H,34,40)(H,35,41)/t28-/m1/s1. The molecule has 3 N–H and O–H groups in total. The number of piperidine rings is 1. The normalized spacial score (nSPS) is 20.6. The Hall–Kier alpha value is -4.33. The molecule has 0 bridgehead atoms. The second-order valence-electron chi connectivity index (χ2n) is 11.4. The monoisotopic (exact) mass is 619 g/mol. The third kappa shape index (κ3) is 9.33. The average molecular weight is 620 g/mol. The first kappa shape index (κ1) is 32.1. The van der Waals surface area contributed by atoms with Crippen molar-refractivity contribution < 1.29 is 28.6 Å². The van der Waals surface area contributed by atoms with Gasteiger partial charge in [-0.3, -0.25) is 19.3 Å². The fraction of sp³-hybridized carbons (Fsp3) is 0.469. The Morgan fingerprint density at radius 2 is 1.78 bits per heavy atom. The lowest BCUT2D eigenvalue weighted by atomic mass is 9.83. The molecule has 0 saturated carbocycles. The summed E-state index contributed by atoms with van der Waals surface area (Å²) >= 11 is 0. The van der Waals surface area contributed by atoms with Crippen LogP contribution in [0.3, 0.4) is 0 Å². The zero-order chi connectivity index (χ0) is 31.5. The maximum absolute atomic E-state index is 13.6. The third-order valence-corrected chi connectivity index (χ3v) is 8.03. The molecule has 240 valence electrons. The molecular weight excluding hydrogens is 578 g/mol. The van der Waals surface area contributed by atoms with Crippen LogP contribution in [0.2, 0.25) is 0 Å². The van der Waals surface area contributed by atoms with Gasteiger partial charge in [-0.2, -0.15) is 0 Å². The lowest BCUT2D eigenvalue weighted by Gasteiger charge is -2.42. The minimum absolute atomic E-state index is 0.0232. The highest BCUT2D eigenvalue weighted by molar-refractivity contribution is 5.88. The largest absolute Gasteiger partial charge is 0.497 e. The molecule has 3 heterocycles. The maximum atomic E-state index is 13.6. The summed E-state index contributed by atoms with van der Waals surface area (Å²) in [6.07, 6.45) is 3.03. The highest BCUT2D eigenvalue weighted by atomic mass is 16.5. The number of aromatic nitrogens is 3. The Bertz CT molecular complexity index is 1420. The van der Waals surface area contributed by atoms with Crippen LogP contribution in [0.15, 0.2) is 60.8 Å². The van der Waals surface area contributed by atoms with E-state index in [1.54, 1.807) is 18.0 Å². The van der Waals surface area contributed by atoms with Crippen molar-refractivity contribution >= 4 is 17.7 Å². The van der Waals surface area contributed by atoms with Crippen LogP contribution in [-0.2, 0) is 36.8 Å². The van der Waals surface area contributed by atoms with Gasteiger partial charge >= 0.3 is 0 Å². The van der Waals surface area contributed by atoms with Crippen molar-refractivity contribution in [2.24, 2.45) is 0 Å². The quantitative estimate of drug-likeness (QED) is 0.368. The maximum Gasteiger partial charge on any atom is 0.246 e. The van der Waals surface area contributed by atoms with E-state index in [0.29, 0.717) is 31.6 Å². The smallest absolute Gasteiger partial charge is 0.246 e. The molecule has 3 aromatic rings. The van der Waals surface area contributed by atoms with E-state index in [9.17, 15) is 14.4 Å². The van der Waals surface area contributed by atoms with Crippen molar-refractivity contribution in [3.8, 4) is 11.4 Å². The van der Waals surface area contributed by atoms with E-state index >= 15 is 0 Å². The van der Waals surface area contributed by atoms with E-state index < -0.39 is 11.6 Å². The minimum atomic E-state index is -0.893. The molecule has 2 fully saturated rings. The average Bonchev–Trinajstić information content (AvgIpc) is 3.52. The summed E-state index contributed by atoms with van der Waals surface area (Å²) in [7, 11) is 1.65. The summed E-state index contributed by atoms with van der Waals surface area (Å²) in [5, 5.41) is 17.3. The van der Waals surface area contributed by atoms with Crippen molar-refractivity contribution in [3.05, 3.63) is 72.1 Å². The van der Waals surface area contributed by atoms with E-state index in [2.05, 4.69) is 37.2 Å². The number of carbonyl (C=O) groups excluding carboxylic acids is 3. The molecule has 0 unspecified atom stereocenters. The number of nitrogens with one attached hydrogen (secondary N) is 3. The van der Waals surface area contributed by atoms with E-state index in [1.807, 2.05) is 48.5 Å². The molecule has 1 spiro atoms. The summed E-state index contributed by atoms with van der Waals surface area (Å²) in [6, 6.07) is 16.6. The van der Waals surface area contributed by atoms with Crippen LogP contribution in [-0.4, -0.2) is 102 Å². The highest BCUT2D eigenvalue weighted by Crippen LogP contribution is 2.28. The number of likely N-dealkylation sites (tertiary alicyclic amines) is 1. The van der Waals surface area contributed by atoms with Gasteiger partial charge in [0.05, 0.1) is 50.0 Å². The molecule has 1 aromatic heterocycles.